The van der Waals surface area contributed by atoms with E-state index in [1.54, 1.807) is 0 Å². The van der Waals surface area contributed by atoms with Crippen molar-refractivity contribution in [1.82, 2.24) is 15.1 Å². The number of hydrogen-bond donors (Lipinski definition) is 1. The van der Waals surface area contributed by atoms with Gasteiger partial charge in [-0.1, -0.05) is 36.8 Å². The van der Waals surface area contributed by atoms with Gasteiger partial charge in [-0.25, -0.2) is 0 Å². The Morgan fingerprint density at radius 2 is 1.95 bits per heavy atom. The van der Waals surface area contributed by atoms with Crippen LogP contribution in [0.2, 0.25) is 0 Å². The minimum absolute atomic E-state index is 0.322. The lowest BCUT2D eigenvalue weighted by Crippen LogP contribution is -2.20. The molecule has 108 valence electrons. The number of aromatic nitrogens is 2. The van der Waals surface area contributed by atoms with Crippen LogP contribution < -0.4 is 5.32 Å². The van der Waals surface area contributed by atoms with E-state index in [1.807, 2.05) is 11.7 Å². The predicted molar refractivity (Wildman–Crippen MR) is 86.7 cm³/mol. The van der Waals surface area contributed by atoms with Crippen molar-refractivity contribution in [1.29, 1.82) is 0 Å². The van der Waals surface area contributed by atoms with E-state index in [0.717, 1.165) is 23.1 Å². The maximum Gasteiger partial charge on any atom is 0.0767 e. The van der Waals surface area contributed by atoms with E-state index in [9.17, 15) is 0 Å². The van der Waals surface area contributed by atoms with E-state index in [0.29, 0.717) is 6.04 Å². The zero-order chi connectivity index (χ0) is 14.7. The number of rotatable bonds is 5. The van der Waals surface area contributed by atoms with E-state index in [-0.39, 0.29) is 0 Å². The normalized spacial score (nSPS) is 12.7. The molecule has 0 aliphatic heterocycles. The van der Waals surface area contributed by atoms with Crippen LogP contribution in [0.15, 0.2) is 28.7 Å². The van der Waals surface area contributed by atoms with Gasteiger partial charge in [-0.3, -0.25) is 4.68 Å². The summed E-state index contributed by atoms with van der Waals surface area (Å²) in [5, 5.41) is 8.08. The molecule has 0 aliphatic rings. The van der Waals surface area contributed by atoms with Crippen molar-refractivity contribution in [3.8, 4) is 0 Å². The summed E-state index contributed by atoms with van der Waals surface area (Å²) in [7, 11) is 2.00. The number of hydrogen-bond acceptors (Lipinski definition) is 2. The third-order valence-electron chi connectivity index (χ3n) is 3.66. The van der Waals surface area contributed by atoms with Gasteiger partial charge in [0.15, 0.2) is 0 Å². The van der Waals surface area contributed by atoms with Crippen LogP contribution in [0.4, 0.5) is 0 Å². The van der Waals surface area contributed by atoms with Crippen molar-refractivity contribution in [3.63, 3.8) is 0 Å². The fraction of sp³-hybridized carbons (Fsp3) is 0.438. The van der Waals surface area contributed by atoms with Gasteiger partial charge in [0.2, 0.25) is 0 Å². The predicted octanol–water partition coefficient (Wildman–Crippen LogP) is 3.90. The molecule has 1 heterocycles. The molecule has 0 spiro atoms. The molecule has 0 saturated heterocycles. The molecule has 0 radical (unpaired) electrons. The summed E-state index contributed by atoms with van der Waals surface area (Å²) >= 11 is 3.65. The molecule has 0 amide bonds. The standard InChI is InChI=1S/C16H22BrN3/c1-5-14-16(17)15(20(4)19-14)10-18-12(3)13-8-6-11(2)7-9-13/h6-9,12,18H,5,10H2,1-4H3/t12-/m1/s1. The molecule has 20 heavy (non-hydrogen) atoms. The average Bonchev–Trinajstić information content (AvgIpc) is 2.71. The van der Waals surface area contributed by atoms with Crippen LogP contribution in [0, 0.1) is 6.92 Å². The Labute approximate surface area is 129 Å². The summed E-state index contributed by atoms with van der Waals surface area (Å²) in [6, 6.07) is 9.00. The first-order valence-electron chi connectivity index (χ1n) is 7.03. The third-order valence-corrected chi connectivity index (χ3v) is 4.57. The third kappa shape index (κ3) is 3.30. The highest BCUT2D eigenvalue weighted by Crippen LogP contribution is 2.22. The zero-order valence-corrected chi connectivity index (χ0v) is 14.2. The van der Waals surface area contributed by atoms with Gasteiger partial charge in [0, 0.05) is 19.6 Å². The second kappa shape index (κ2) is 6.55. The van der Waals surface area contributed by atoms with Gasteiger partial charge >= 0.3 is 0 Å². The number of nitrogens with zero attached hydrogens (tertiary/aromatic N) is 2. The van der Waals surface area contributed by atoms with Crippen molar-refractivity contribution in [3.05, 3.63) is 51.3 Å². The molecular formula is C16H22BrN3. The summed E-state index contributed by atoms with van der Waals surface area (Å²) in [6.45, 7) is 7.23. The highest BCUT2D eigenvalue weighted by atomic mass is 79.9. The number of benzene rings is 1. The van der Waals surface area contributed by atoms with E-state index >= 15 is 0 Å². The average molecular weight is 336 g/mol. The fourth-order valence-corrected chi connectivity index (χ4v) is 2.99. The Bertz CT molecular complexity index is 572. The monoisotopic (exact) mass is 335 g/mol. The number of halogens is 1. The Morgan fingerprint density at radius 1 is 1.30 bits per heavy atom. The molecule has 0 aliphatic carbocycles. The minimum Gasteiger partial charge on any atom is -0.305 e. The quantitative estimate of drug-likeness (QED) is 0.897. The Balaban J connectivity index is 2.05. The molecular weight excluding hydrogens is 314 g/mol. The molecule has 1 N–H and O–H groups in total. The number of aryl methyl sites for hydroxylation is 3. The number of nitrogens with one attached hydrogen (secondary N) is 1. The second-order valence-corrected chi connectivity index (χ2v) is 5.99. The Hall–Kier alpha value is -1.13. The molecule has 1 aromatic heterocycles. The topological polar surface area (TPSA) is 29.9 Å². The lowest BCUT2D eigenvalue weighted by molar-refractivity contribution is 0.546. The lowest BCUT2D eigenvalue weighted by atomic mass is 10.1. The van der Waals surface area contributed by atoms with Gasteiger partial charge in [0.1, 0.15) is 0 Å². The van der Waals surface area contributed by atoms with Crippen molar-refractivity contribution in [2.45, 2.75) is 39.8 Å². The fourth-order valence-electron chi connectivity index (χ4n) is 2.23. The van der Waals surface area contributed by atoms with Crippen molar-refractivity contribution in [2.75, 3.05) is 0 Å². The van der Waals surface area contributed by atoms with Gasteiger partial charge in [0.05, 0.1) is 15.9 Å². The van der Waals surface area contributed by atoms with Gasteiger partial charge in [-0.05, 0) is 41.8 Å². The maximum absolute atomic E-state index is 4.52. The van der Waals surface area contributed by atoms with Crippen LogP contribution in [0.5, 0.6) is 0 Å². The van der Waals surface area contributed by atoms with E-state index < -0.39 is 0 Å². The van der Waals surface area contributed by atoms with Crippen molar-refractivity contribution < 1.29 is 0 Å². The summed E-state index contributed by atoms with van der Waals surface area (Å²) in [6.07, 6.45) is 0.946. The molecule has 4 heteroatoms. The largest absolute Gasteiger partial charge is 0.305 e. The highest BCUT2D eigenvalue weighted by molar-refractivity contribution is 9.10. The first-order chi connectivity index (χ1) is 9.52. The van der Waals surface area contributed by atoms with E-state index in [4.69, 9.17) is 0 Å². The molecule has 2 rings (SSSR count). The van der Waals surface area contributed by atoms with Gasteiger partial charge < -0.3 is 5.32 Å². The van der Waals surface area contributed by atoms with Gasteiger partial charge in [0.25, 0.3) is 0 Å². The molecule has 0 bridgehead atoms. The Morgan fingerprint density at radius 3 is 2.50 bits per heavy atom. The van der Waals surface area contributed by atoms with Crippen LogP contribution in [-0.2, 0) is 20.0 Å². The summed E-state index contributed by atoms with van der Waals surface area (Å²) in [5.74, 6) is 0. The van der Waals surface area contributed by atoms with Gasteiger partial charge in [-0.15, -0.1) is 0 Å². The minimum atomic E-state index is 0.322. The Kier molecular flexibility index (Phi) is 5.00. The maximum atomic E-state index is 4.52. The van der Waals surface area contributed by atoms with Crippen LogP contribution >= 0.6 is 15.9 Å². The smallest absolute Gasteiger partial charge is 0.0767 e. The summed E-state index contributed by atoms with van der Waals surface area (Å²) in [4.78, 5) is 0. The molecule has 0 fully saturated rings. The van der Waals surface area contributed by atoms with Crippen LogP contribution in [0.1, 0.15) is 42.4 Å². The first kappa shape index (κ1) is 15.3. The van der Waals surface area contributed by atoms with Crippen molar-refractivity contribution >= 4 is 15.9 Å². The molecule has 1 atom stereocenters. The molecule has 0 saturated carbocycles. The van der Waals surface area contributed by atoms with Crippen LogP contribution in [0.25, 0.3) is 0 Å². The van der Waals surface area contributed by atoms with Gasteiger partial charge in [-0.2, -0.15) is 5.10 Å². The lowest BCUT2D eigenvalue weighted by Gasteiger charge is -2.15. The summed E-state index contributed by atoms with van der Waals surface area (Å²) in [5.41, 5.74) is 4.92. The second-order valence-electron chi connectivity index (χ2n) is 5.20. The SMILES string of the molecule is CCc1nn(C)c(CN[C@H](C)c2ccc(C)cc2)c1Br. The molecule has 0 unspecified atom stereocenters. The first-order valence-corrected chi connectivity index (χ1v) is 7.82. The zero-order valence-electron chi connectivity index (χ0n) is 12.6. The molecule has 2 aromatic rings. The van der Waals surface area contributed by atoms with E-state index in [2.05, 4.69) is 71.4 Å². The van der Waals surface area contributed by atoms with E-state index in [1.165, 1.54) is 16.8 Å². The van der Waals surface area contributed by atoms with Crippen molar-refractivity contribution in [2.24, 2.45) is 7.05 Å². The van der Waals surface area contributed by atoms with Crippen LogP contribution in [-0.4, -0.2) is 9.78 Å². The highest BCUT2D eigenvalue weighted by Gasteiger charge is 2.13. The van der Waals surface area contributed by atoms with Crippen LogP contribution in [0.3, 0.4) is 0 Å². The summed E-state index contributed by atoms with van der Waals surface area (Å²) < 4.78 is 3.09. The molecule has 3 nitrogen and oxygen atoms in total. The molecule has 1 aromatic carbocycles.